The highest BCUT2D eigenvalue weighted by molar-refractivity contribution is 5.27. The Balaban J connectivity index is 1.82. The fourth-order valence-corrected chi connectivity index (χ4v) is 2.28. The molecular weight excluding hydrogens is 266 g/mol. The molecule has 0 saturated carbocycles. The summed E-state index contributed by atoms with van der Waals surface area (Å²) in [7, 11) is 0. The molecule has 5 N–H and O–H groups in total. The Morgan fingerprint density at radius 1 is 0.905 bits per heavy atom. The number of phenolic OH excluding ortho intramolecular Hbond substituents is 2. The van der Waals surface area contributed by atoms with Crippen LogP contribution in [0.1, 0.15) is 24.2 Å². The lowest BCUT2D eigenvalue weighted by Crippen LogP contribution is -2.90. The average molecular weight is 288 g/mol. The molecule has 112 valence electrons. The van der Waals surface area contributed by atoms with Gasteiger partial charge in [0.05, 0.1) is 6.54 Å². The van der Waals surface area contributed by atoms with Crippen LogP contribution in [-0.2, 0) is 6.42 Å². The van der Waals surface area contributed by atoms with E-state index in [2.05, 4.69) is 5.32 Å². The van der Waals surface area contributed by atoms with Crippen LogP contribution in [0, 0.1) is 0 Å². The standard InChI is InChI=1S/C17H21NO3/c1-12(17(21)14-4-8-16(20)9-5-14)18-11-10-13-2-6-15(19)7-3-13/h2-9,12,17-21H,10-11H2,1H3/p+1/t12-,17-/m0/s1. The van der Waals surface area contributed by atoms with Crippen molar-refractivity contribution in [3.63, 3.8) is 0 Å². The molecule has 2 atom stereocenters. The molecule has 0 bridgehead atoms. The molecular formula is C17H22NO3+. The first-order chi connectivity index (χ1) is 10.1. The summed E-state index contributed by atoms with van der Waals surface area (Å²) >= 11 is 0. The second kappa shape index (κ2) is 7.11. The zero-order chi connectivity index (χ0) is 15.2. The minimum absolute atomic E-state index is 0.0339. The Kier molecular flexibility index (Phi) is 5.20. The second-order valence-corrected chi connectivity index (χ2v) is 5.34. The third-order valence-electron chi connectivity index (χ3n) is 3.64. The first kappa shape index (κ1) is 15.4. The first-order valence-corrected chi connectivity index (χ1v) is 7.14. The molecule has 0 aliphatic rings. The summed E-state index contributed by atoms with van der Waals surface area (Å²) in [4.78, 5) is 0. The van der Waals surface area contributed by atoms with Crippen molar-refractivity contribution < 1.29 is 20.6 Å². The van der Waals surface area contributed by atoms with Gasteiger partial charge in [-0.3, -0.25) is 0 Å². The van der Waals surface area contributed by atoms with Crippen LogP contribution in [0.4, 0.5) is 0 Å². The van der Waals surface area contributed by atoms with Gasteiger partial charge in [0, 0.05) is 6.42 Å². The zero-order valence-electron chi connectivity index (χ0n) is 12.1. The van der Waals surface area contributed by atoms with Crippen LogP contribution in [0.15, 0.2) is 48.5 Å². The molecule has 0 heterocycles. The number of aliphatic hydroxyl groups excluding tert-OH is 1. The van der Waals surface area contributed by atoms with Crippen molar-refractivity contribution >= 4 is 0 Å². The van der Waals surface area contributed by atoms with Crippen LogP contribution in [0.3, 0.4) is 0 Å². The molecule has 0 fully saturated rings. The van der Waals surface area contributed by atoms with Crippen LogP contribution in [0.5, 0.6) is 11.5 Å². The van der Waals surface area contributed by atoms with E-state index in [1.807, 2.05) is 19.1 Å². The van der Waals surface area contributed by atoms with Crippen molar-refractivity contribution in [1.29, 1.82) is 0 Å². The van der Waals surface area contributed by atoms with E-state index in [4.69, 9.17) is 0 Å². The van der Waals surface area contributed by atoms with E-state index in [1.54, 1.807) is 36.4 Å². The molecule has 0 spiro atoms. The molecule has 2 aromatic rings. The number of phenols is 2. The van der Waals surface area contributed by atoms with Gasteiger partial charge in [-0.15, -0.1) is 0 Å². The van der Waals surface area contributed by atoms with Crippen LogP contribution >= 0.6 is 0 Å². The van der Waals surface area contributed by atoms with E-state index in [0.717, 1.165) is 24.1 Å². The van der Waals surface area contributed by atoms with Crippen molar-refractivity contribution in [1.82, 2.24) is 0 Å². The number of benzene rings is 2. The lowest BCUT2D eigenvalue weighted by atomic mass is 10.0. The molecule has 0 saturated heterocycles. The summed E-state index contributed by atoms with van der Waals surface area (Å²) in [6, 6.07) is 13.9. The molecule has 0 aliphatic carbocycles. The van der Waals surface area contributed by atoms with Gasteiger partial charge in [-0.05, 0) is 42.3 Å². The quantitative estimate of drug-likeness (QED) is 0.647. The molecule has 4 heteroatoms. The number of aromatic hydroxyl groups is 2. The molecule has 0 aliphatic heterocycles. The summed E-state index contributed by atoms with van der Waals surface area (Å²) in [6.07, 6.45) is 0.317. The highest BCUT2D eigenvalue weighted by Gasteiger charge is 2.18. The monoisotopic (exact) mass is 288 g/mol. The van der Waals surface area contributed by atoms with Gasteiger partial charge in [0.1, 0.15) is 23.6 Å². The van der Waals surface area contributed by atoms with Gasteiger partial charge >= 0.3 is 0 Å². The van der Waals surface area contributed by atoms with Crippen molar-refractivity contribution in [2.45, 2.75) is 25.5 Å². The van der Waals surface area contributed by atoms with Gasteiger partial charge in [-0.25, -0.2) is 0 Å². The Labute approximate surface area is 124 Å². The van der Waals surface area contributed by atoms with E-state index in [0.29, 0.717) is 0 Å². The topological polar surface area (TPSA) is 77.3 Å². The second-order valence-electron chi connectivity index (χ2n) is 5.34. The van der Waals surface area contributed by atoms with Crippen molar-refractivity contribution in [2.24, 2.45) is 0 Å². The molecule has 2 rings (SSSR count). The average Bonchev–Trinajstić information content (AvgIpc) is 2.49. The van der Waals surface area contributed by atoms with E-state index in [-0.39, 0.29) is 17.5 Å². The third kappa shape index (κ3) is 4.48. The third-order valence-corrected chi connectivity index (χ3v) is 3.64. The number of hydrogen-bond acceptors (Lipinski definition) is 3. The smallest absolute Gasteiger partial charge is 0.130 e. The summed E-state index contributed by atoms with van der Waals surface area (Å²) < 4.78 is 0. The maximum atomic E-state index is 10.3. The van der Waals surface area contributed by atoms with Crippen LogP contribution < -0.4 is 5.32 Å². The number of quaternary nitrogens is 1. The van der Waals surface area contributed by atoms with Crippen LogP contribution in [-0.4, -0.2) is 27.9 Å². The van der Waals surface area contributed by atoms with Crippen LogP contribution in [0.2, 0.25) is 0 Å². The van der Waals surface area contributed by atoms with E-state index < -0.39 is 6.10 Å². The summed E-state index contributed by atoms with van der Waals surface area (Å²) in [5, 5.41) is 30.9. The van der Waals surface area contributed by atoms with E-state index in [1.165, 1.54) is 0 Å². The van der Waals surface area contributed by atoms with Crippen molar-refractivity contribution in [2.75, 3.05) is 6.54 Å². The molecule has 0 aromatic heterocycles. The summed E-state index contributed by atoms with van der Waals surface area (Å²) in [5.74, 6) is 0.480. The maximum absolute atomic E-state index is 10.3. The molecule has 0 unspecified atom stereocenters. The lowest BCUT2D eigenvalue weighted by Gasteiger charge is -2.18. The number of hydrogen-bond donors (Lipinski definition) is 4. The molecule has 21 heavy (non-hydrogen) atoms. The minimum atomic E-state index is -0.564. The molecule has 0 radical (unpaired) electrons. The molecule has 0 amide bonds. The van der Waals surface area contributed by atoms with Crippen LogP contribution in [0.25, 0.3) is 0 Å². The van der Waals surface area contributed by atoms with Gasteiger partial charge < -0.3 is 20.6 Å². The largest absolute Gasteiger partial charge is 0.508 e. The Hall–Kier alpha value is -2.04. The van der Waals surface area contributed by atoms with Gasteiger partial charge in [0.25, 0.3) is 0 Å². The van der Waals surface area contributed by atoms with Gasteiger partial charge in [0.15, 0.2) is 0 Å². The normalized spacial score (nSPS) is 13.8. The van der Waals surface area contributed by atoms with Gasteiger partial charge in [-0.2, -0.15) is 0 Å². The number of aliphatic hydroxyl groups is 1. The Morgan fingerprint density at radius 3 is 2.00 bits per heavy atom. The predicted octanol–water partition coefficient (Wildman–Crippen LogP) is 1.33. The highest BCUT2D eigenvalue weighted by atomic mass is 16.3. The summed E-state index contributed by atoms with van der Waals surface area (Å²) in [6.45, 7) is 2.84. The zero-order valence-corrected chi connectivity index (χ0v) is 12.1. The first-order valence-electron chi connectivity index (χ1n) is 7.14. The number of rotatable bonds is 6. The van der Waals surface area contributed by atoms with Gasteiger partial charge in [-0.1, -0.05) is 24.3 Å². The fraction of sp³-hybridized carbons (Fsp3) is 0.294. The molecule has 2 aromatic carbocycles. The minimum Gasteiger partial charge on any atom is -0.508 e. The SMILES string of the molecule is C[C@H]([NH2+]CCc1ccc(O)cc1)[C@H](O)c1ccc(O)cc1. The Bertz CT molecular complexity index is 551. The lowest BCUT2D eigenvalue weighted by molar-refractivity contribution is -0.694. The molecule has 4 nitrogen and oxygen atoms in total. The highest BCUT2D eigenvalue weighted by Crippen LogP contribution is 2.18. The van der Waals surface area contributed by atoms with E-state index in [9.17, 15) is 15.3 Å². The summed E-state index contributed by atoms with van der Waals surface area (Å²) in [5.41, 5.74) is 1.97. The maximum Gasteiger partial charge on any atom is 0.130 e. The van der Waals surface area contributed by atoms with E-state index >= 15 is 0 Å². The van der Waals surface area contributed by atoms with Crippen molar-refractivity contribution in [3.8, 4) is 11.5 Å². The fourth-order valence-electron chi connectivity index (χ4n) is 2.28. The predicted molar refractivity (Wildman–Crippen MR) is 81.1 cm³/mol. The van der Waals surface area contributed by atoms with Crippen molar-refractivity contribution in [3.05, 3.63) is 59.7 Å². The Morgan fingerprint density at radius 2 is 1.43 bits per heavy atom. The number of nitrogens with two attached hydrogens (primary N) is 1. The van der Waals surface area contributed by atoms with Gasteiger partial charge in [0.2, 0.25) is 0 Å².